The molecule has 1 heterocycles. The second-order valence-electron chi connectivity index (χ2n) is 9.29. The first-order chi connectivity index (χ1) is 17.1. The summed E-state index contributed by atoms with van der Waals surface area (Å²) in [7, 11) is 0. The number of halogens is 2. The number of hydrogen-bond donors (Lipinski definition) is 4. The normalized spacial score (nSPS) is 16.9. The van der Waals surface area contributed by atoms with E-state index in [2.05, 4.69) is 16.0 Å². The minimum Gasteiger partial charge on any atom is -0.481 e. The maximum atomic E-state index is 15.0. The van der Waals surface area contributed by atoms with E-state index in [1.54, 1.807) is 0 Å². The molecule has 2 aromatic carbocycles. The van der Waals surface area contributed by atoms with Crippen LogP contribution in [0, 0.1) is 25.5 Å². The van der Waals surface area contributed by atoms with Gasteiger partial charge in [0, 0.05) is 5.56 Å². The minimum atomic E-state index is -1.34. The second-order valence-corrected chi connectivity index (χ2v) is 9.29. The SMILES string of the molecule is CCC[C@H](NC(=O)[C@H]1CCCN1)C(=O)N[C@@H](CC(=O)O)c1cc(-c2c(C)cccc2C)cc(F)c1F. The van der Waals surface area contributed by atoms with Crippen LogP contribution in [0.3, 0.4) is 0 Å². The van der Waals surface area contributed by atoms with Gasteiger partial charge in [0.15, 0.2) is 11.6 Å². The highest BCUT2D eigenvalue weighted by Gasteiger charge is 2.30. The van der Waals surface area contributed by atoms with Crippen molar-refractivity contribution < 1.29 is 28.3 Å². The number of hydrogen-bond acceptors (Lipinski definition) is 4. The van der Waals surface area contributed by atoms with Gasteiger partial charge in [-0.25, -0.2) is 8.78 Å². The largest absolute Gasteiger partial charge is 0.481 e. The van der Waals surface area contributed by atoms with Crippen LogP contribution in [0.15, 0.2) is 30.3 Å². The summed E-state index contributed by atoms with van der Waals surface area (Å²) in [5.41, 5.74) is 2.52. The van der Waals surface area contributed by atoms with Gasteiger partial charge in [-0.05, 0) is 74.0 Å². The van der Waals surface area contributed by atoms with Crippen LogP contribution < -0.4 is 16.0 Å². The highest BCUT2D eigenvalue weighted by Crippen LogP contribution is 2.33. The number of rotatable bonds is 10. The zero-order valence-electron chi connectivity index (χ0n) is 20.8. The highest BCUT2D eigenvalue weighted by atomic mass is 19.2. The molecule has 0 spiro atoms. The Bertz CT molecular complexity index is 1110. The van der Waals surface area contributed by atoms with Crippen molar-refractivity contribution in [2.75, 3.05) is 6.54 Å². The molecule has 36 heavy (non-hydrogen) atoms. The summed E-state index contributed by atoms with van der Waals surface area (Å²) >= 11 is 0. The van der Waals surface area contributed by atoms with E-state index in [4.69, 9.17) is 0 Å². The summed E-state index contributed by atoms with van der Waals surface area (Å²) in [6, 6.07) is 5.33. The van der Waals surface area contributed by atoms with Crippen LogP contribution in [0.2, 0.25) is 0 Å². The minimum absolute atomic E-state index is 0.262. The summed E-state index contributed by atoms with van der Waals surface area (Å²) in [4.78, 5) is 37.4. The van der Waals surface area contributed by atoms with Crippen LogP contribution in [0.4, 0.5) is 8.78 Å². The van der Waals surface area contributed by atoms with E-state index in [9.17, 15) is 23.9 Å². The Hall–Kier alpha value is -3.33. The van der Waals surface area contributed by atoms with Crippen LogP contribution in [0.1, 0.15) is 61.8 Å². The van der Waals surface area contributed by atoms with Crippen LogP contribution in [0.25, 0.3) is 11.1 Å². The van der Waals surface area contributed by atoms with E-state index in [1.165, 1.54) is 6.07 Å². The van der Waals surface area contributed by atoms with E-state index in [1.807, 2.05) is 39.0 Å². The van der Waals surface area contributed by atoms with Gasteiger partial charge in [0.2, 0.25) is 11.8 Å². The molecule has 3 atom stereocenters. The van der Waals surface area contributed by atoms with Gasteiger partial charge < -0.3 is 21.1 Å². The fourth-order valence-corrected chi connectivity index (χ4v) is 4.70. The lowest BCUT2D eigenvalue weighted by Crippen LogP contribution is -2.52. The molecule has 3 rings (SSSR count). The molecule has 1 aliphatic rings. The van der Waals surface area contributed by atoms with Crippen molar-refractivity contribution in [2.24, 2.45) is 0 Å². The number of aryl methyl sites for hydroxylation is 2. The molecule has 1 aliphatic heterocycles. The number of benzene rings is 2. The monoisotopic (exact) mass is 501 g/mol. The molecule has 7 nitrogen and oxygen atoms in total. The Morgan fingerprint density at radius 1 is 1.14 bits per heavy atom. The lowest BCUT2D eigenvalue weighted by atomic mass is 9.92. The summed E-state index contributed by atoms with van der Waals surface area (Å²) < 4.78 is 29.8. The zero-order valence-corrected chi connectivity index (χ0v) is 20.8. The number of carbonyl (C=O) groups is 3. The number of aliphatic carboxylic acids is 1. The van der Waals surface area contributed by atoms with Gasteiger partial charge >= 0.3 is 5.97 Å². The first-order valence-corrected chi connectivity index (χ1v) is 12.2. The predicted molar refractivity (Wildman–Crippen MR) is 132 cm³/mol. The molecule has 194 valence electrons. The maximum Gasteiger partial charge on any atom is 0.305 e. The molecule has 4 N–H and O–H groups in total. The first-order valence-electron chi connectivity index (χ1n) is 12.2. The van der Waals surface area contributed by atoms with Crippen LogP contribution in [-0.4, -0.2) is 41.5 Å². The Labute approximate surface area is 209 Å². The van der Waals surface area contributed by atoms with Crippen LogP contribution in [-0.2, 0) is 14.4 Å². The van der Waals surface area contributed by atoms with Crippen LogP contribution in [0.5, 0.6) is 0 Å². The Balaban J connectivity index is 1.93. The summed E-state index contributed by atoms with van der Waals surface area (Å²) in [6.45, 7) is 6.25. The number of nitrogens with one attached hydrogen (secondary N) is 3. The second kappa shape index (κ2) is 12.1. The molecule has 0 bridgehead atoms. The fourth-order valence-electron chi connectivity index (χ4n) is 4.70. The predicted octanol–water partition coefficient (Wildman–Crippen LogP) is 3.92. The molecule has 0 saturated carbocycles. The van der Waals surface area contributed by atoms with Crippen molar-refractivity contribution in [3.8, 4) is 11.1 Å². The molecule has 0 aliphatic carbocycles. The van der Waals surface area contributed by atoms with Gasteiger partial charge in [0.1, 0.15) is 6.04 Å². The van der Waals surface area contributed by atoms with Crippen molar-refractivity contribution >= 4 is 17.8 Å². The van der Waals surface area contributed by atoms with Crippen molar-refractivity contribution in [3.05, 3.63) is 58.7 Å². The van der Waals surface area contributed by atoms with Gasteiger partial charge in [0.05, 0.1) is 18.5 Å². The van der Waals surface area contributed by atoms with Gasteiger partial charge in [-0.3, -0.25) is 14.4 Å². The molecular weight excluding hydrogens is 468 g/mol. The topological polar surface area (TPSA) is 108 Å². The Kier molecular flexibility index (Phi) is 9.14. The summed E-state index contributed by atoms with van der Waals surface area (Å²) in [5.74, 6) is -4.61. The Morgan fingerprint density at radius 2 is 1.83 bits per heavy atom. The van der Waals surface area contributed by atoms with Crippen LogP contribution >= 0.6 is 0 Å². The quantitative estimate of drug-likeness (QED) is 0.395. The highest BCUT2D eigenvalue weighted by molar-refractivity contribution is 5.90. The molecule has 0 unspecified atom stereocenters. The van der Waals surface area contributed by atoms with Crippen molar-refractivity contribution in [1.29, 1.82) is 0 Å². The van der Waals surface area contributed by atoms with Gasteiger partial charge in [0.25, 0.3) is 0 Å². The number of amides is 2. The third-order valence-electron chi connectivity index (χ3n) is 6.48. The molecule has 0 radical (unpaired) electrons. The van der Waals surface area contributed by atoms with E-state index < -0.39 is 48.1 Å². The van der Waals surface area contributed by atoms with E-state index in [0.717, 1.165) is 23.6 Å². The number of carboxylic acids is 1. The molecular formula is C27H33F2N3O4. The van der Waals surface area contributed by atoms with Gasteiger partial charge in [-0.2, -0.15) is 0 Å². The average molecular weight is 502 g/mol. The fraction of sp³-hybridized carbons (Fsp3) is 0.444. The van der Waals surface area contributed by atoms with Crippen molar-refractivity contribution in [2.45, 2.75) is 71.0 Å². The smallest absolute Gasteiger partial charge is 0.305 e. The third-order valence-corrected chi connectivity index (χ3v) is 6.48. The average Bonchev–Trinajstić information content (AvgIpc) is 3.35. The van der Waals surface area contributed by atoms with Gasteiger partial charge in [-0.1, -0.05) is 31.5 Å². The maximum absolute atomic E-state index is 15.0. The van der Waals surface area contributed by atoms with E-state index >= 15 is 4.39 Å². The zero-order chi connectivity index (χ0) is 26.4. The third kappa shape index (κ3) is 6.46. The van der Waals surface area contributed by atoms with E-state index in [-0.39, 0.29) is 11.5 Å². The Morgan fingerprint density at radius 3 is 2.42 bits per heavy atom. The van der Waals surface area contributed by atoms with Crippen molar-refractivity contribution in [3.63, 3.8) is 0 Å². The molecule has 0 aromatic heterocycles. The molecule has 9 heteroatoms. The van der Waals surface area contributed by atoms with Crippen molar-refractivity contribution in [1.82, 2.24) is 16.0 Å². The van der Waals surface area contributed by atoms with Gasteiger partial charge in [-0.15, -0.1) is 0 Å². The molecule has 1 saturated heterocycles. The summed E-state index contributed by atoms with van der Waals surface area (Å²) in [6.07, 6.45) is 1.73. The number of carbonyl (C=O) groups excluding carboxylic acids is 2. The molecule has 1 fully saturated rings. The molecule has 2 aromatic rings. The number of carboxylic acid groups (broad SMARTS) is 1. The van der Waals surface area contributed by atoms with E-state index in [0.29, 0.717) is 36.9 Å². The lowest BCUT2D eigenvalue weighted by Gasteiger charge is -2.25. The standard InChI is InChI=1S/C27H33F2N3O4/c1-4-7-21(31-26(35)20-10-6-11-30-20)27(36)32-22(14-23(33)34)18-12-17(13-19(28)25(18)29)24-15(2)8-5-9-16(24)3/h5,8-9,12-13,20-22,30H,4,6-7,10-11,14H2,1-3H3,(H,31,35)(H,32,36)(H,33,34)/t20-,21+,22+/m1/s1. The molecule has 2 amide bonds. The summed E-state index contributed by atoms with van der Waals surface area (Å²) in [5, 5.41) is 17.8. The lowest BCUT2D eigenvalue weighted by molar-refractivity contribution is -0.138. The first kappa shape index (κ1) is 27.3.